The highest BCUT2D eigenvalue weighted by Gasteiger charge is 2.43. The lowest BCUT2D eigenvalue weighted by Crippen LogP contribution is -2.36. The molecular weight excluding hydrogens is 396 g/mol. The van der Waals surface area contributed by atoms with E-state index in [9.17, 15) is 9.59 Å². The summed E-state index contributed by atoms with van der Waals surface area (Å²) in [6.45, 7) is 3.42. The van der Waals surface area contributed by atoms with Crippen LogP contribution >= 0.6 is 11.6 Å². The molecule has 8 heteroatoms. The number of halogens is 1. The zero-order valence-corrected chi connectivity index (χ0v) is 17.5. The van der Waals surface area contributed by atoms with Gasteiger partial charge in [-0.05, 0) is 43.7 Å². The predicted octanol–water partition coefficient (Wildman–Crippen LogP) is 3.69. The number of hydrogen-bond donors (Lipinski definition) is 0. The minimum Gasteiger partial charge on any atom is -0.497 e. The molecule has 0 fully saturated rings. The summed E-state index contributed by atoms with van der Waals surface area (Å²) in [4.78, 5) is 34.1. The van der Waals surface area contributed by atoms with Crippen molar-refractivity contribution < 1.29 is 23.8 Å². The van der Waals surface area contributed by atoms with E-state index >= 15 is 0 Å². The molecule has 1 unspecified atom stereocenters. The Balaban J connectivity index is 2.30. The standard InChI is InChI=1S/C21H21ClN2O5/c1-10-16(20(25)28-4)18(17(11(2)23-10)21(26)29-5)14-9-12-8-13(27-3)6-7-15(12)24-19(14)22/h6-9,16,18H,1-5H3/t16?,18-/m0/s1. The van der Waals surface area contributed by atoms with Crippen molar-refractivity contribution in [3.05, 3.63) is 46.3 Å². The first-order valence-corrected chi connectivity index (χ1v) is 9.26. The Bertz CT molecular complexity index is 1060. The molecule has 0 aliphatic carbocycles. The van der Waals surface area contributed by atoms with Crippen LogP contribution in [0.4, 0.5) is 0 Å². The average Bonchev–Trinajstić information content (AvgIpc) is 2.71. The number of carbonyl (C=O) groups is 2. The first kappa shape index (κ1) is 20.8. The SMILES string of the molecule is COC(=O)C1=C(C)N=C(C)C(C(=O)OC)[C@@H]1c1cc2cc(OC)ccc2nc1Cl. The highest BCUT2D eigenvalue weighted by molar-refractivity contribution is 6.31. The number of rotatable bonds is 4. The molecule has 1 aromatic carbocycles. The molecule has 7 nitrogen and oxygen atoms in total. The van der Waals surface area contributed by atoms with E-state index in [0.717, 1.165) is 5.39 Å². The summed E-state index contributed by atoms with van der Waals surface area (Å²) >= 11 is 6.52. The molecular formula is C21H21ClN2O5. The monoisotopic (exact) mass is 416 g/mol. The van der Waals surface area contributed by atoms with Gasteiger partial charge < -0.3 is 14.2 Å². The smallest absolute Gasteiger partial charge is 0.336 e. The molecule has 0 saturated carbocycles. The number of aliphatic imine (C=N–C) groups is 1. The lowest BCUT2D eigenvalue weighted by Gasteiger charge is -2.31. The number of carbonyl (C=O) groups excluding carboxylic acids is 2. The van der Waals surface area contributed by atoms with Crippen LogP contribution in [0.15, 0.2) is 40.5 Å². The minimum atomic E-state index is -0.833. The molecule has 0 spiro atoms. The highest BCUT2D eigenvalue weighted by atomic mass is 35.5. The maximum Gasteiger partial charge on any atom is 0.336 e. The third-order valence-electron chi connectivity index (χ3n) is 5.03. The Morgan fingerprint density at radius 2 is 1.79 bits per heavy atom. The molecule has 152 valence electrons. The zero-order chi connectivity index (χ0) is 21.3. The lowest BCUT2D eigenvalue weighted by atomic mass is 9.76. The van der Waals surface area contributed by atoms with Gasteiger partial charge in [0.05, 0.1) is 32.4 Å². The lowest BCUT2D eigenvalue weighted by molar-refractivity contribution is -0.143. The summed E-state index contributed by atoms with van der Waals surface area (Å²) in [5.74, 6) is -2.03. The van der Waals surface area contributed by atoms with Crippen molar-refractivity contribution in [2.75, 3.05) is 21.3 Å². The Morgan fingerprint density at radius 3 is 2.41 bits per heavy atom. The Labute approximate surface area is 173 Å². The molecule has 2 atom stereocenters. The van der Waals surface area contributed by atoms with Crippen LogP contribution < -0.4 is 4.74 Å². The number of allylic oxidation sites excluding steroid dienone is 1. The second-order valence-electron chi connectivity index (χ2n) is 6.65. The van der Waals surface area contributed by atoms with Crippen molar-refractivity contribution in [2.45, 2.75) is 19.8 Å². The summed E-state index contributed by atoms with van der Waals surface area (Å²) < 4.78 is 15.3. The first-order chi connectivity index (χ1) is 13.8. The van der Waals surface area contributed by atoms with Crippen LogP contribution in [0.25, 0.3) is 10.9 Å². The number of aromatic nitrogens is 1. The van der Waals surface area contributed by atoms with Gasteiger partial charge in [0.2, 0.25) is 0 Å². The quantitative estimate of drug-likeness (QED) is 0.558. The minimum absolute atomic E-state index is 0.186. The van der Waals surface area contributed by atoms with Crippen LogP contribution in [-0.4, -0.2) is 44.0 Å². The van der Waals surface area contributed by atoms with E-state index in [0.29, 0.717) is 28.2 Å². The van der Waals surface area contributed by atoms with E-state index in [-0.39, 0.29) is 10.7 Å². The number of benzene rings is 1. The predicted molar refractivity (Wildman–Crippen MR) is 109 cm³/mol. The van der Waals surface area contributed by atoms with Gasteiger partial charge in [0.15, 0.2) is 0 Å². The molecule has 0 N–H and O–H groups in total. The fraction of sp³-hybridized carbons (Fsp3) is 0.333. The van der Waals surface area contributed by atoms with Crippen LogP contribution in [0.1, 0.15) is 25.3 Å². The van der Waals surface area contributed by atoms with E-state index in [1.54, 1.807) is 33.1 Å². The molecule has 0 amide bonds. The maximum absolute atomic E-state index is 12.6. The van der Waals surface area contributed by atoms with Crippen molar-refractivity contribution in [2.24, 2.45) is 10.9 Å². The van der Waals surface area contributed by atoms with Gasteiger partial charge in [0, 0.05) is 22.7 Å². The highest BCUT2D eigenvalue weighted by Crippen LogP contribution is 2.43. The zero-order valence-electron chi connectivity index (χ0n) is 16.8. The molecule has 1 aromatic heterocycles. The molecule has 2 aromatic rings. The fourth-order valence-corrected chi connectivity index (χ4v) is 3.94. The maximum atomic E-state index is 12.6. The second kappa shape index (κ2) is 8.21. The van der Waals surface area contributed by atoms with Crippen molar-refractivity contribution in [1.82, 2.24) is 4.98 Å². The second-order valence-corrected chi connectivity index (χ2v) is 7.01. The van der Waals surface area contributed by atoms with Gasteiger partial charge >= 0.3 is 11.9 Å². The van der Waals surface area contributed by atoms with E-state index in [2.05, 4.69) is 9.98 Å². The summed E-state index contributed by atoms with van der Waals surface area (Å²) in [7, 11) is 4.14. The van der Waals surface area contributed by atoms with Gasteiger partial charge in [0.25, 0.3) is 0 Å². The summed E-state index contributed by atoms with van der Waals surface area (Å²) in [5, 5.41) is 0.944. The van der Waals surface area contributed by atoms with E-state index in [1.807, 2.05) is 12.1 Å². The third kappa shape index (κ3) is 3.70. The van der Waals surface area contributed by atoms with Gasteiger partial charge in [-0.1, -0.05) is 11.6 Å². The van der Waals surface area contributed by atoms with E-state index in [4.69, 9.17) is 25.8 Å². The number of esters is 2. The van der Waals surface area contributed by atoms with E-state index in [1.165, 1.54) is 14.2 Å². The Morgan fingerprint density at radius 1 is 1.07 bits per heavy atom. The molecule has 0 saturated heterocycles. The van der Waals surface area contributed by atoms with Gasteiger partial charge in [-0.15, -0.1) is 0 Å². The van der Waals surface area contributed by atoms with Crippen LogP contribution in [0.2, 0.25) is 5.15 Å². The topological polar surface area (TPSA) is 87.1 Å². The number of nitrogens with zero attached hydrogens (tertiary/aromatic N) is 2. The van der Waals surface area contributed by atoms with Crippen molar-refractivity contribution in [1.29, 1.82) is 0 Å². The average molecular weight is 417 g/mol. The third-order valence-corrected chi connectivity index (χ3v) is 5.33. The Hall–Kier alpha value is -2.93. The van der Waals surface area contributed by atoms with Gasteiger partial charge in [-0.25, -0.2) is 9.78 Å². The van der Waals surface area contributed by atoms with Gasteiger partial charge in [0.1, 0.15) is 16.8 Å². The molecule has 3 rings (SSSR count). The number of pyridine rings is 1. The van der Waals surface area contributed by atoms with Crippen molar-refractivity contribution in [3.63, 3.8) is 0 Å². The van der Waals surface area contributed by atoms with Crippen LogP contribution in [0.5, 0.6) is 5.75 Å². The fourth-order valence-electron chi connectivity index (χ4n) is 3.67. The number of fused-ring (bicyclic) bond motifs is 1. The number of methoxy groups -OCH3 is 3. The van der Waals surface area contributed by atoms with E-state index < -0.39 is 23.8 Å². The summed E-state index contributed by atoms with van der Waals surface area (Å²) in [6.07, 6.45) is 0. The summed E-state index contributed by atoms with van der Waals surface area (Å²) in [5.41, 5.74) is 2.40. The molecule has 1 aliphatic rings. The molecule has 1 aliphatic heterocycles. The molecule has 0 radical (unpaired) electrons. The van der Waals surface area contributed by atoms with Gasteiger partial charge in [-0.2, -0.15) is 0 Å². The van der Waals surface area contributed by atoms with Gasteiger partial charge in [-0.3, -0.25) is 9.79 Å². The number of hydrogen-bond acceptors (Lipinski definition) is 7. The normalized spacial score (nSPS) is 19.0. The summed E-state index contributed by atoms with van der Waals surface area (Å²) in [6, 6.07) is 7.19. The first-order valence-electron chi connectivity index (χ1n) is 8.88. The largest absolute Gasteiger partial charge is 0.497 e. The Kier molecular flexibility index (Phi) is 5.88. The van der Waals surface area contributed by atoms with Crippen molar-refractivity contribution in [3.8, 4) is 5.75 Å². The molecule has 0 bridgehead atoms. The van der Waals surface area contributed by atoms with Crippen LogP contribution in [-0.2, 0) is 19.1 Å². The van der Waals surface area contributed by atoms with Crippen LogP contribution in [0.3, 0.4) is 0 Å². The molecule has 29 heavy (non-hydrogen) atoms. The van der Waals surface area contributed by atoms with Crippen LogP contribution in [0, 0.1) is 5.92 Å². The molecule has 2 heterocycles. The van der Waals surface area contributed by atoms with Crippen molar-refractivity contribution >= 4 is 40.2 Å². The number of ether oxygens (including phenoxy) is 3.